The van der Waals surface area contributed by atoms with Crippen LogP contribution in [-0.2, 0) is 6.61 Å². The standard InChI is InChI=1S/C18H15NO2/c20-16-10-6-12-19-18(16)15-9-4-5-11-17(15)21-13-14-7-2-1-3-8-14/h1-12,20H,13H2. The Labute approximate surface area is 123 Å². The normalized spacial score (nSPS) is 10.3. The maximum atomic E-state index is 9.96. The topological polar surface area (TPSA) is 42.4 Å². The second-order valence-corrected chi connectivity index (χ2v) is 4.64. The van der Waals surface area contributed by atoms with Gasteiger partial charge in [-0.15, -0.1) is 0 Å². The van der Waals surface area contributed by atoms with Gasteiger partial charge in [0.1, 0.15) is 23.8 Å². The zero-order chi connectivity index (χ0) is 14.5. The molecule has 0 saturated heterocycles. The molecule has 2 aromatic carbocycles. The molecule has 1 heterocycles. The number of ether oxygens (including phenoxy) is 1. The molecule has 1 N–H and O–H groups in total. The van der Waals surface area contributed by atoms with E-state index >= 15 is 0 Å². The van der Waals surface area contributed by atoms with Crippen molar-refractivity contribution in [3.05, 3.63) is 78.5 Å². The number of aromatic hydroxyl groups is 1. The molecular formula is C18H15NO2. The molecule has 0 spiro atoms. The van der Waals surface area contributed by atoms with Crippen molar-refractivity contribution in [2.45, 2.75) is 6.61 Å². The number of pyridine rings is 1. The molecule has 0 aliphatic rings. The van der Waals surface area contributed by atoms with Gasteiger partial charge < -0.3 is 9.84 Å². The van der Waals surface area contributed by atoms with Gasteiger partial charge in [-0.2, -0.15) is 0 Å². The first-order valence-corrected chi connectivity index (χ1v) is 6.75. The van der Waals surface area contributed by atoms with E-state index in [0.29, 0.717) is 18.1 Å². The van der Waals surface area contributed by atoms with Crippen LogP contribution in [0.5, 0.6) is 11.5 Å². The molecule has 0 saturated carbocycles. The first-order valence-electron chi connectivity index (χ1n) is 6.75. The Kier molecular flexibility index (Phi) is 3.83. The fourth-order valence-corrected chi connectivity index (χ4v) is 2.13. The van der Waals surface area contributed by atoms with Crippen molar-refractivity contribution in [3.8, 4) is 22.8 Å². The molecule has 0 atom stereocenters. The van der Waals surface area contributed by atoms with Crippen LogP contribution in [0.3, 0.4) is 0 Å². The Morgan fingerprint density at radius 2 is 1.62 bits per heavy atom. The van der Waals surface area contributed by atoms with Crippen LogP contribution in [0, 0.1) is 0 Å². The molecule has 0 aliphatic carbocycles. The highest BCUT2D eigenvalue weighted by Crippen LogP contribution is 2.33. The predicted molar refractivity (Wildman–Crippen MR) is 82.1 cm³/mol. The summed E-state index contributed by atoms with van der Waals surface area (Å²) in [5, 5.41) is 9.96. The molecular weight excluding hydrogens is 262 g/mol. The largest absolute Gasteiger partial charge is 0.506 e. The number of para-hydroxylation sites is 1. The van der Waals surface area contributed by atoms with Crippen molar-refractivity contribution in [2.24, 2.45) is 0 Å². The van der Waals surface area contributed by atoms with Gasteiger partial charge in [0.2, 0.25) is 0 Å². The molecule has 104 valence electrons. The van der Waals surface area contributed by atoms with Crippen LogP contribution in [0.4, 0.5) is 0 Å². The maximum absolute atomic E-state index is 9.96. The zero-order valence-electron chi connectivity index (χ0n) is 11.4. The van der Waals surface area contributed by atoms with E-state index in [2.05, 4.69) is 4.98 Å². The summed E-state index contributed by atoms with van der Waals surface area (Å²) in [5.74, 6) is 0.851. The zero-order valence-corrected chi connectivity index (χ0v) is 11.4. The monoisotopic (exact) mass is 277 g/mol. The average Bonchev–Trinajstić information content (AvgIpc) is 2.55. The molecule has 0 radical (unpaired) electrons. The molecule has 21 heavy (non-hydrogen) atoms. The summed E-state index contributed by atoms with van der Waals surface area (Å²) < 4.78 is 5.88. The van der Waals surface area contributed by atoms with E-state index in [1.54, 1.807) is 18.3 Å². The molecule has 0 aliphatic heterocycles. The lowest BCUT2D eigenvalue weighted by atomic mass is 10.1. The van der Waals surface area contributed by atoms with Gasteiger partial charge in [-0.05, 0) is 29.8 Å². The molecule has 1 aromatic heterocycles. The van der Waals surface area contributed by atoms with E-state index in [9.17, 15) is 5.11 Å². The van der Waals surface area contributed by atoms with Crippen LogP contribution < -0.4 is 4.74 Å². The van der Waals surface area contributed by atoms with Crippen molar-refractivity contribution in [2.75, 3.05) is 0 Å². The fraction of sp³-hybridized carbons (Fsp3) is 0.0556. The van der Waals surface area contributed by atoms with E-state index in [-0.39, 0.29) is 5.75 Å². The lowest BCUT2D eigenvalue weighted by Gasteiger charge is -2.12. The van der Waals surface area contributed by atoms with Gasteiger partial charge in [0.15, 0.2) is 0 Å². The molecule has 3 heteroatoms. The highest BCUT2D eigenvalue weighted by molar-refractivity contribution is 5.71. The lowest BCUT2D eigenvalue weighted by Crippen LogP contribution is -1.97. The van der Waals surface area contributed by atoms with E-state index in [4.69, 9.17) is 4.74 Å². The molecule has 3 rings (SSSR count). The first-order chi connectivity index (χ1) is 10.3. The second-order valence-electron chi connectivity index (χ2n) is 4.64. The van der Waals surface area contributed by atoms with Gasteiger partial charge in [0, 0.05) is 11.8 Å². The summed E-state index contributed by atoms with van der Waals surface area (Å²) >= 11 is 0. The molecule has 0 amide bonds. The van der Waals surface area contributed by atoms with Crippen molar-refractivity contribution in [3.63, 3.8) is 0 Å². The van der Waals surface area contributed by atoms with E-state index in [1.165, 1.54) is 0 Å². The fourth-order valence-electron chi connectivity index (χ4n) is 2.13. The number of benzene rings is 2. The molecule has 0 unspecified atom stereocenters. The van der Waals surface area contributed by atoms with Gasteiger partial charge in [-0.3, -0.25) is 4.98 Å². The van der Waals surface area contributed by atoms with Crippen LogP contribution >= 0.6 is 0 Å². The van der Waals surface area contributed by atoms with Gasteiger partial charge in [-0.25, -0.2) is 0 Å². The third-order valence-corrected chi connectivity index (χ3v) is 3.17. The van der Waals surface area contributed by atoms with Gasteiger partial charge in [-0.1, -0.05) is 42.5 Å². The van der Waals surface area contributed by atoms with Crippen LogP contribution in [0.1, 0.15) is 5.56 Å². The number of rotatable bonds is 4. The van der Waals surface area contributed by atoms with Crippen LogP contribution in [0.15, 0.2) is 72.9 Å². The summed E-state index contributed by atoms with van der Waals surface area (Å²) in [4.78, 5) is 4.23. The van der Waals surface area contributed by atoms with E-state index < -0.39 is 0 Å². The lowest BCUT2D eigenvalue weighted by molar-refractivity contribution is 0.307. The van der Waals surface area contributed by atoms with Crippen molar-refractivity contribution >= 4 is 0 Å². The number of hydrogen-bond acceptors (Lipinski definition) is 3. The molecule has 3 aromatic rings. The Hall–Kier alpha value is -2.81. The highest BCUT2D eigenvalue weighted by Gasteiger charge is 2.10. The number of nitrogens with zero attached hydrogens (tertiary/aromatic N) is 1. The highest BCUT2D eigenvalue weighted by atomic mass is 16.5. The minimum Gasteiger partial charge on any atom is -0.506 e. The third-order valence-electron chi connectivity index (χ3n) is 3.17. The van der Waals surface area contributed by atoms with Gasteiger partial charge in [0.25, 0.3) is 0 Å². The van der Waals surface area contributed by atoms with E-state index in [0.717, 1.165) is 11.1 Å². The van der Waals surface area contributed by atoms with Gasteiger partial charge >= 0.3 is 0 Å². The summed E-state index contributed by atoms with van der Waals surface area (Å²) in [5.41, 5.74) is 2.41. The SMILES string of the molecule is Oc1cccnc1-c1ccccc1OCc1ccccc1. The first kappa shape index (κ1) is 13.2. The number of hydrogen-bond donors (Lipinski definition) is 1. The third kappa shape index (κ3) is 3.03. The molecule has 3 nitrogen and oxygen atoms in total. The van der Waals surface area contributed by atoms with Crippen molar-refractivity contribution in [1.29, 1.82) is 0 Å². The van der Waals surface area contributed by atoms with Crippen molar-refractivity contribution in [1.82, 2.24) is 4.98 Å². The summed E-state index contributed by atoms with van der Waals surface area (Å²) in [6, 6.07) is 20.9. The Bertz CT molecular complexity index is 726. The minimum atomic E-state index is 0.147. The molecule has 0 fully saturated rings. The Morgan fingerprint density at radius 1 is 0.857 bits per heavy atom. The number of aromatic nitrogens is 1. The summed E-state index contributed by atoms with van der Waals surface area (Å²) in [7, 11) is 0. The quantitative estimate of drug-likeness (QED) is 0.782. The summed E-state index contributed by atoms with van der Waals surface area (Å²) in [6.45, 7) is 0.478. The van der Waals surface area contributed by atoms with Crippen molar-refractivity contribution < 1.29 is 9.84 Å². The average molecular weight is 277 g/mol. The van der Waals surface area contributed by atoms with Crippen LogP contribution in [-0.4, -0.2) is 10.1 Å². The van der Waals surface area contributed by atoms with E-state index in [1.807, 2.05) is 54.6 Å². The Morgan fingerprint density at radius 3 is 2.43 bits per heavy atom. The van der Waals surface area contributed by atoms with Gasteiger partial charge in [0.05, 0.1) is 0 Å². The Balaban J connectivity index is 1.88. The smallest absolute Gasteiger partial charge is 0.141 e. The predicted octanol–water partition coefficient (Wildman–Crippen LogP) is 4.03. The van der Waals surface area contributed by atoms with Crippen LogP contribution in [0.25, 0.3) is 11.3 Å². The second kappa shape index (κ2) is 6.09. The maximum Gasteiger partial charge on any atom is 0.141 e. The molecule has 0 bridgehead atoms. The minimum absolute atomic E-state index is 0.147. The van der Waals surface area contributed by atoms with Crippen LogP contribution in [0.2, 0.25) is 0 Å². The summed E-state index contributed by atoms with van der Waals surface area (Å²) in [6.07, 6.45) is 1.66.